The number of benzene rings is 1. The minimum atomic E-state index is -0.339. The average Bonchev–Trinajstić information content (AvgIpc) is 3.40. The van der Waals surface area contributed by atoms with Gasteiger partial charge in [0.1, 0.15) is 6.10 Å². The first-order valence-corrected chi connectivity index (χ1v) is 10.5. The molecule has 1 aliphatic carbocycles. The zero-order valence-electron chi connectivity index (χ0n) is 16.9. The van der Waals surface area contributed by atoms with Gasteiger partial charge in [0.15, 0.2) is 0 Å². The molecule has 2 aliphatic heterocycles. The summed E-state index contributed by atoms with van der Waals surface area (Å²) in [6, 6.07) is 7.77. The van der Waals surface area contributed by atoms with Gasteiger partial charge in [-0.15, -0.1) is 0 Å². The van der Waals surface area contributed by atoms with Crippen molar-refractivity contribution in [3.05, 3.63) is 29.8 Å². The molecule has 3 fully saturated rings. The zero-order chi connectivity index (χ0) is 19.7. The molecule has 6 heteroatoms. The second-order valence-corrected chi connectivity index (χ2v) is 8.80. The lowest BCUT2D eigenvalue weighted by Gasteiger charge is -2.44. The number of likely N-dealkylation sites (tertiary alicyclic amines) is 1. The van der Waals surface area contributed by atoms with E-state index in [-0.39, 0.29) is 29.6 Å². The quantitative estimate of drug-likeness (QED) is 0.835. The molecule has 2 N–H and O–H groups in total. The second-order valence-electron chi connectivity index (χ2n) is 8.80. The van der Waals surface area contributed by atoms with Crippen LogP contribution in [0.5, 0.6) is 0 Å². The molecule has 3 aliphatic rings. The molecule has 1 saturated carbocycles. The van der Waals surface area contributed by atoms with Crippen LogP contribution in [0.2, 0.25) is 0 Å². The number of ether oxygens (including phenoxy) is 1. The van der Waals surface area contributed by atoms with E-state index in [9.17, 15) is 9.59 Å². The van der Waals surface area contributed by atoms with Crippen LogP contribution in [0, 0.1) is 18.8 Å². The summed E-state index contributed by atoms with van der Waals surface area (Å²) in [5, 5.41) is 6.04. The SMILES string of the molecule is Cc1cccc(NC(=O)N2CC[C@]3(CC[C@H](C(=O)NCC4CC4)O3)[C@@H](C)C2)c1. The first-order valence-electron chi connectivity index (χ1n) is 10.5. The van der Waals surface area contributed by atoms with Crippen LogP contribution in [0.4, 0.5) is 10.5 Å². The van der Waals surface area contributed by atoms with Crippen LogP contribution in [0.3, 0.4) is 0 Å². The Morgan fingerprint density at radius 3 is 2.79 bits per heavy atom. The third-order valence-corrected chi connectivity index (χ3v) is 6.51. The number of urea groups is 1. The highest BCUT2D eigenvalue weighted by Gasteiger charge is 2.49. The number of nitrogens with one attached hydrogen (secondary N) is 2. The Morgan fingerprint density at radius 2 is 2.07 bits per heavy atom. The molecule has 2 heterocycles. The third-order valence-electron chi connectivity index (χ3n) is 6.51. The molecule has 0 unspecified atom stereocenters. The monoisotopic (exact) mass is 385 g/mol. The van der Waals surface area contributed by atoms with Crippen LogP contribution < -0.4 is 10.6 Å². The van der Waals surface area contributed by atoms with Crippen LogP contribution in [0.15, 0.2) is 24.3 Å². The summed E-state index contributed by atoms with van der Waals surface area (Å²) in [5.41, 5.74) is 1.67. The molecule has 0 radical (unpaired) electrons. The Hall–Kier alpha value is -2.08. The van der Waals surface area contributed by atoms with Crippen molar-refractivity contribution in [2.24, 2.45) is 11.8 Å². The summed E-state index contributed by atoms with van der Waals surface area (Å²) >= 11 is 0. The van der Waals surface area contributed by atoms with Gasteiger partial charge in [-0.25, -0.2) is 4.79 Å². The number of carbonyl (C=O) groups is 2. The summed E-state index contributed by atoms with van der Waals surface area (Å²) in [6.45, 7) is 6.23. The predicted octanol–water partition coefficient (Wildman–Crippen LogP) is 3.31. The average molecular weight is 386 g/mol. The number of aryl methyl sites for hydroxylation is 1. The van der Waals surface area contributed by atoms with Crippen molar-refractivity contribution in [2.75, 3.05) is 25.0 Å². The maximum absolute atomic E-state index is 12.7. The number of rotatable bonds is 4. The molecule has 1 aromatic carbocycles. The Bertz CT molecular complexity index is 748. The van der Waals surface area contributed by atoms with Crippen molar-refractivity contribution >= 4 is 17.6 Å². The van der Waals surface area contributed by atoms with Crippen LogP contribution >= 0.6 is 0 Å². The predicted molar refractivity (Wildman–Crippen MR) is 108 cm³/mol. The first-order chi connectivity index (χ1) is 13.4. The van der Waals surface area contributed by atoms with E-state index in [0.29, 0.717) is 19.0 Å². The summed E-state index contributed by atoms with van der Waals surface area (Å²) in [5.74, 6) is 0.912. The van der Waals surface area contributed by atoms with Crippen molar-refractivity contribution in [1.29, 1.82) is 0 Å². The summed E-state index contributed by atoms with van der Waals surface area (Å²) in [6.07, 6.45) is 4.57. The Balaban J connectivity index is 1.30. The molecule has 3 atom stereocenters. The molecular weight excluding hydrogens is 354 g/mol. The Labute approximate surface area is 167 Å². The fourth-order valence-corrected chi connectivity index (χ4v) is 4.46. The van der Waals surface area contributed by atoms with Gasteiger partial charge in [0, 0.05) is 31.2 Å². The largest absolute Gasteiger partial charge is 0.362 e. The number of hydrogen-bond acceptors (Lipinski definition) is 3. The number of carbonyl (C=O) groups excluding carboxylic acids is 2. The molecule has 152 valence electrons. The Morgan fingerprint density at radius 1 is 1.25 bits per heavy atom. The van der Waals surface area contributed by atoms with E-state index in [2.05, 4.69) is 17.6 Å². The van der Waals surface area contributed by atoms with E-state index >= 15 is 0 Å². The summed E-state index contributed by atoms with van der Waals surface area (Å²) < 4.78 is 6.31. The number of piperidine rings is 1. The highest BCUT2D eigenvalue weighted by atomic mass is 16.5. The molecule has 2 saturated heterocycles. The van der Waals surface area contributed by atoms with Crippen LogP contribution in [-0.4, -0.2) is 48.2 Å². The highest BCUT2D eigenvalue weighted by Crippen LogP contribution is 2.42. The number of amides is 3. The lowest BCUT2D eigenvalue weighted by atomic mass is 9.80. The smallest absolute Gasteiger partial charge is 0.321 e. The molecule has 1 spiro atoms. The topological polar surface area (TPSA) is 70.7 Å². The van der Waals surface area contributed by atoms with E-state index in [4.69, 9.17) is 4.74 Å². The number of anilines is 1. The van der Waals surface area contributed by atoms with Gasteiger partial charge < -0.3 is 20.3 Å². The van der Waals surface area contributed by atoms with E-state index < -0.39 is 0 Å². The van der Waals surface area contributed by atoms with Crippen LogP contribution in [-0.2, 0) is 9.53 Å². The molecule has 0 bridgehead atoms. The van der Waals surface area contributed by atoms with E-state index in [0.717, 1.165) is 37.1 Å². The van der Waals surface area contributed by atoms with Crippen molar-refractivity contribution in [3.8, 4) is 0 Å². The number of hydrogen-bond donors (Lipinski definition) is 2. The van der Waals surface area contributed by atoms with Crippen molar-refractivity contribution in [3.63, 3.8) is 0 Å². The lowest BCUT2D eigenvalue weighted by molar-refractivity contribution is -0.146. The second kappa shape index (κ2) is 7.74. The van der Waals surface area contributed by atoms with Crippen molar-refractivity contribution < 1.29 is 14.3 Å². The first kappa shape index (κ1) is 19.2. The van der Waals surface area contributed by atoms with Crippen molar-refractivity contribution in [1.82, 2.24) is 10.2 Å². The van der Waals surface area contributed by atoms with Gasteiger partial charge >= 0.3 is 6.03 Å². The summed E-state index contributed by atoms with van der Waals surface area (Å²) in [7, 11) is 0. The zero-order valence-corrected chi connectivity index (χ0v) is 16.9. The van der Waals surface area contributed by atoms with Crippen LogP contribution in [0.25, 0.3) is 0 Å². The van der Waals surface area contributed by atoms with Gasteiger partial charge in [-0.3, -0.25) is 4.79 Å². The molecule has 28 heavy (non-hydrogen) atoms. The maximum Gasteiger partial charge on any atom is 0.321 e. The molecular formula is C22H31N3O3. The van der Waals surface area contributed by atoms with Gasteiger partial charge in [-0.05, 0) is 62.6 Å². The van der Waals surface area contributed by atoms with Gasteiger partial charge in [0.25, 0.3) is 0 Å². The van der Waals surface area contributed by atoms with Gasteiger partial charge in [-0.1, -0.05) is 19.1 Å². The van der Waals surface area contributed by atoms with Gasteiger partial charge in [0.05, 0.1) is 5.60 Å². The summed E-state index contributed by atoms with van der Waals surface area (Å²) in [4.78, 5) is 26.9. The molecule has 6 nitrogen and oxygen atoms in total. The van der Waals surface area contributed by atoms with Crippen LogP contribution in [0.1, 0.15) is 44.6 Å². The molecule has 1 aromatic rings. The lowest BCUT2D eigenvalue weighted by Crippen LogP contribution is -2.54. The van der Waals surface area contributed by atoms with Gasteiger partial charge in [0.2, 0.25) is 5.91 Å². The standard InChI is InChI=1S/C22H31N3O3/c1-15-4-3-5-18(12-15)24-21(27)25-11-10-22(16(2)14-25)9-8-19(28-22)20(26)23-13-17-6-7-17/h3-5,12,16-17,19H,6-11,13-14H2,1-2H3,(H,23,26)(H,24,27)/t16-,19+,22+/m0/s1. The van der Waals surface area contributed by atoms with E-state index in [1.165, 1.54) is 12.8 Å². The maximum atomic E-state index is 12.7. The third kappa shape index (κ3) is 4.17. The fraction of sp³-hybridized carbons (Fsp3) is 0.636. The normalized spacial score (nSPS) is 29.7. The molecule has 4 rings (SSSR count). The van der Waals surface area contributed by atoms with E-state index in [1.54, 1.807) is 0 Å². The minimum Gasteiger partial charge on any atom is -0.362 e. The van der Waals surface area contributed by atoms with E-state index in [1.807, 2.05) is 36.1 Å². The van der Waals surface area contributed by atoms with Crippen molar-refractivity contribution in [2.45, 2.75) is 57.7 Å². The molecule has 0 aromatic heterocycles. The number of nitrogens with zero attached hydrogens (tertiary/aromatic N) is 1. The minimum absolute atomic E-state index is 0.0376. The fourth-order valence-electron chi connectivity index (χ4n) is 4.46. The molecule has 3 amide bonds. The Kier molecular flexibility index (Phi) is 5.32. The van der Waals surface area contributed by atoms with Gasteiger partial charge in [-0.2, -0.15) is 0 Å². The highest BCUT2D eigenvalue weighted by molar-refractivity contribution is 5.89.